The van der Waals surface area contributed by atoms with Crippen molar-refractivity contribution in [3.05, 3.63) is 71.3 Å². The summed E-state index contributed by atoms with van der Waals surface area (Å²) < 4.78 is 65.2. The first-order chi connectivity index (χ1) is 12.3. The Balaban J connectivity index is 2.48. The molecule has 1 unspecified atom stereocenters. The van der Waals surface area contributed by atoms with Crippen LogP contribution in [0.15, 0.2) is 54.1 Å². The number of hydrogen-bond donors (Lipinski definition) is 0. The largest absolute Gasteiger partial charge is 0.425 e. The van der Waals surface area contributed by atoms with Gasteiger partial charge in [0.25, 0.3) is 6.47 Å². The van der Waals surface area contributed by atoms with Crippen LogP contribution >= 0.6 is 0 Å². The molecule has 1 aromatic carbocycles. The zero-order valence-corrected chi connectivity index (χ0v) is 13.4. The lowest BCUT2D eigenvalue weighted by atomic mass is 10.0. The van der Waals surface area contributed by atoms with Gasteiger partial charge in [-0.1, -0.05) is 12.7 Å². The molecule has 4 nitrogen and oxygen atoms in total. The summed E-state index contributed by atoms with van der Waals surface area (Å²) in [5, 5.41) is 0. The molecular formula is C18H12F4O4. The second-order valence-electron chi connectivity index (χ2n) is 5.20. The maximum Gasteiger partial charge on any atom is 0.338 e. The second kappa shape index (κ2) is 7.81. The van der Waals surface area contributed by atoms with E-state index in [-0.39, 0.29) is 17.6 Å². The zero-order chi connectivity index (χ0) is 19.4. The van der Waals surface area contributed by atoms with E-state index in [4.69, 9.17) is 0 Å². The molecule has 0 spiro atoms. The SMILES string of the molecule is C=C(C)C(=O)OC1=C(F)C=C(c2ccc(OC=O)c(F)c2F)C=CC1F. The van der Waals surface area contributed by atoms with E-state index < -0.39 is 46.7 Å². The number of benzene rings is 1. The van der Waals surface area contributed by atoms with Gasteiger partial charge in [-0.05, 0) is 36.8 Å². The molecule has 0 radical (unpaired) electrons. The van der Waals surface area contributed by atoms with Crippen molar-refractivity contribution in [2.45, 2.75) is 13.1 Å². The summed E-state index contributed by atoms with van der Waals surface area (Å²) in [4.78, 5) is 21.7. The molecule has 0 bridgehead atoms. The summed E-state index contributed by atoms with van der Waals surface area (Å²) in [6.45, 7) is 4.51. The third-order valence-electron chi connectivity index (χ3n) is 3.30. The smallest absolute Gasteiger partial charge is 0.338 e. The Hall–Kier alpha value is -3.16. The Kier molecular flexibility index (Phi) is 5.76. The molecule has 1 aromatic rings. The Morgan fingerprint density at radius 1 is 1.23 bits per heavy atom. The number of ether oxygens (including phenoxy) is 2. The van der Waals surface area contributed by atoms with Crippen LogP contribution in [0.25, 0.3) is 5.57 Å². The number of hydrogen-bond acceptors (Lipinski definition) is 4. The van der Waals surface area contributed by atoms with Crippen LogP contribution < -0.4 is 4.74 Å². The molecule has 0 N–H and O–H groups in total. The quantitative estimate of drug-likeness (QED) is 0.340. The topological polar surface area (TPSA) is 52.6 Å². The van der Waals surface area contributed by atoms with Gasteiger partial charge in [-0.2, -0.15) is 4.39 Å². The summed E-state index contributed by atoms with van der Waals surface area (Å²) in [6.07, 6.45) is 0.379. The van der Waals surface area contributed by atoms with Crippen molar-refractivity contribution in [3.8, 4) is 5.75 Å². The van der Waals surface area contributed by atoms with Crippen molar-refractivity contribution in [1.29, 1.82) is 0 Å². The van der Waals surface area contributed by atoms with E-state index in [1.165, 1.54) is 6.92 Å². The molecule has 1 aliphatic rings. The standard InChI is InChI=1S/C18H12F4O4/c1-9(2)18(24)26-17-12(19)5-3-10(7-13(17)20)11-4-6-14(25-8-23)16(22)15(11)21/h3-8,12H,1H2,2H3. The third kappa shape index (κ3) is 3.90. The molecule has 0 aliphatic heterocycles. The van der Waals surface area contributed by atoms with Crippen molar-refractivity contribution in [1.82, 2.24) is 0 Å². The first-order valence-electron chi connectivity index (χ1n) is 7.16. The maximum absolute atomic E-state index is 14.3. The van der Waals surface area contributed by atoms with E-state index in [0.717, 1.165) is 24.3 Å². The van der Waals surface area contributed by atoms with Gasteiger partial charge in [0.1, 0.15) is 0 Å². The predicted molar refractivity (Wildman–Crippen MR) is 84.1 cm³/mol. The number of rotatable bonds is 5. The summed E-state index contributed by atoms with van der Waals surface area (Å²) in [5.74, 6) is -6.79. The molecule has 0 saturated carbocycles. The molecule has 0 saturated heterocycles. The average Bonchev–Trinajstić information content (AvgIpc) is 2.72. The highest BCUT2D eigenvalue weighted by atomic mass is 19.2. The Morgan fingerprint density at radius 3 is 2.54 bits per heavy atom. The van der Waals surface area contributed by atoms with Crippen molar-refractivity contribution in [3.63, 3.8) is 0 Å². The third-order valence-corrected chi connectivity index (χ3v) is 3.30. The lowest BCUT2D eigenvalue weighted by Crippen LogP contribution is -2.12. The van der Waals surface area contributed by atoms with Crippen LogP contribution in [0.4, 0.5) is 17.6 Å². The molecule has 0 fully saturated rings. The maximum atomic E-state index is 14.3. The van der Waals surface area contributed by atoms with Gasteiger partial charge in [0.15, 0.2) is 29.3 Å². The number of carbonyl (C=O) groups is 2. The minimum Gasteiger partial charge on any atom is -0.425 e. The molecule has 0 heterocycles. The number of alkyl halides is 1. The van der Waals surface area contributed by atoms with E-state index in [0.29, 0.717) is 6.08 Å². The number of allylic oxidation sites excluding steroid dienone is 5. The molecule has 26 heavy (non-hydrogen) atoms. The molecule has 8 heteroatoms. The first kappa shape index (κ1) is 19.2. The molecule has 0 amide bonds. The van der Waals surface area contributed by atoms with Crippen molar-refractivity contribution in [2.24, 2.45) is 0 Å². The van der Waals surface area contributed by atoms with Crippen LogP contribution in [-0.2, 0) is 14.3 Å². The monoisotopic (exact) mass is 368 g/mol. The van der Waals surface area contributed by atoms with Crippen LogP contribution in [0.3, 0.4) is 0 Å². The summed E-state index contributed by atoms with van der Waals surface area (Å²) in [6, 6.07) is 1.98. The Bertz CT molecular complexity index is 868. The Morgan fingerprint density at radius 2 is 1.92 bits per heavy atom. The van der Waals surface area contributed by atoms with Gasteiger partial charge in [0.2, 0.25) is 5.82 Å². The fourth-order valence-corrected chi connectivity index (χ4v) is 2.02. The van der Waals surface area contributed by atoms with E-state index in [9.17, 15) is 27.2 Å². The fraction of sp³-hybridized carbons (Fsp3) is 0.111. The fourth-order valence-electron chi connectivity index (χ4n) is 2.02. The highest BCUT2D eigenvalue weighted by Crippen LogP contribution is 2.32. The van der Waals surface area contributed by atoms with E-state index in [1.807, 2.05) is 0 Å². The predicted octanol–water partition coefficient (Wildman–Crippen LogP) is 4.09. The Labute approximate surface area is 145 Å². The molecule has 2 rings (SSSR count). The van der Waals surface area contributed by atoms with Crippen LogP contribution in [0.1, 0.15) is 12.5 Å². The van der Waals surface area contributed by atoms with Gasteiger partial charge in [-0.25, -0.2) is 18.0 Å². The second-order valence-corrected chi connectivity index (χ2v) is 5.20. The normalized spacial score (nSPS) is 16.7. The van der Waals surface area contributed by atoms with Crippen LogP contribution in [-0.4, -0.2) is 18.6 Å². The van der Waals surface area contributed by atoms with Crippen molar-refractivity contribution < 1.29 is 36.6 Å². The van der Waals surface area contributed by atoms with E-state index >= 15 is 0 Å². The van der Waals surface area contributed by atoms with E-state index in [2.05, 4.69) is 16.1 Å². The zero-order valence-electron chi connectivity index (χ0n) is 13.4. The molecule has 136 valence electrons. The van der Waals surface area contributed by atoms with Crippen molar-refractivity contribution >= 4 is 18.0 Å². The molecule has 0 aromatic heterocycles. The lowest BCUT2D eigenvalue weighted by Gasteiger charge is -2.09. The van der Waals surface area contributed by atoms with Gasteiger partial charge in [-0.3, -0.25) is 4.79 Å². The first-order valence-corrected chi connectivity index (χ1v) is 7.16. The van der Waals surface area contributed by atoms with Crippen LogP contribution in [0.2, 0.25) is 0 Å². The minimum atomic E-state index is -2.13. The van der Waals surface area contributed by atoms with Gasteiger partial charge in [0.05, 0.1) is 0 Å². The molecular weight excluding hydrogens is 356 g/mol. The lowest BCUT2D eigenvalue weighted by molar-refractivity contribution is -0.136. The van der Waals surface area contributed by atoms with Crippen LogP contribution in [0.5, 0.6) is 5.75 Å². The highest BCUT2D eigenvalue weighted by Gasteiger charge is 2.25. The van der Waals surface area contributed by atoms with Crippen LogP contribution in [0, 0.1) is 11.6 Å². The van der Waals surface area contributed by atoms with Gasteiger partial charge < -0.3 is 9.47 Å². The van der Waals surface area contributed by atoms with Gasteiger partial charge in [0, 0.05) is 11.1 Å². The van der Waals surface area contributed by atoms with Crippen molar-refractivity contribution in [2.75, 3.05) is 0 Å². The minimum absolute atomic E-state index is 0.0752. The van der Waals surface area contributed by atoms with Gasteiger partial charge in [-0.15, -0.1) is 0 Å². The van der Waals surface area contributed by atoms with Gasteiger partial charge >= 0.3 is 5.97 Å². The molecule has 1 atom stereocenters. The highest BCUT2D eigenvalue weighted by molar-refractivity contribution is 5.88. The summed E-state index contributed by atoms with van der Waals surface area (Å²) in [5.41, 5.74) is -0.707. The summed E-state index contributed by atoms with van der Waals surface area (Å²) in [7, 11) is 0. The summed E-state index contributed by atoms with van der Waals surface area (Å²) >= 11 is 0. The average molecular weight is 368 g/mol. The number of halogens is 4. The number of esters is 1. The molecule has 1 aliphatic carbocycles. The number of carbonyl (C=O) groups excluding carboxylic acids is 2. The van der Waals surface area contributed by atoms with E-state index in [1.54, 1.807) is 0 Å².